The molecule has 0 spiro atoms. The van der Waals surface area contributed by atoms with Gasteiger partial charge in [-0.05, 0) is 12.0 Å². The first-order valence-electron chi connectivity index (χ1n) is 5.81. The average Bonchev–Trinajstić information content (AvgIpc) is 2.67. The van der Waals surface area contributed by atoms with Gasteiger partial charge in [0.2, 0.25) is 0 Å². The predicted octanol–water partition coefficient (Wildman–Crippen LogP) is 3.07. The van der Waals surface area contributed by atoms with Crippen molar-refractivity contribution in [1.29, 1.82) is 0 Å². The first-order chi connectivity index (χ1) is 7.55. The van der Waals surface area contributed by atoms with Gasteiger partial charge in [0, 0.05) is 5.41 Å². The number of ether oxygens (including phenoxy) is 1. The summed E-state index contributed by atoms with van der Waals surface area (Å²) in [5.41, 5.74) is 1.36. The molecule has 16 heavy (non-hydrogen) atoms. The molecule has 0 N–H and O–H groups in total. The molecule has 0 unspecified atom stereocenters. The molecule has 1 aromatic carbocycles. The molecule has 1 aliphatic rings. The largest absolute Gasteiger partial charge is 0.478 e. The molecule has 2 nitrogen and oxygen atoms in total. The molecule has 0 aromatic heterocycles. The van der Waals surface area contributed by atoms with Crippen molar-refractivity contribution in [3.63, 3.8) is 0 Å². The quantitative estimate of drug-likeness (QED) is 0.746. The van der Waals surface area contributed by atoms with Crippen molar-refractivity contribution in [2.24, 2.45) is 10.4 Å². The van der Waals surface area contributed by atoms with Gasteiger partial charge in [-0.25, -0.2) is 4.99 Å². The zero-order valence-electron chi connectivity index (χ0n) is 10.2. The van der Waals surface area contributed by atoms with Crippen LogP contribution in [0.2, 0.25) is 0 Å². The SMILES string of the molecule is CC(C)(C)C1=N[C@@H](Cc2ccccc2)CO1. The van der Waals surface area contributed by atoms with Crippen LogP contribution in [0.4, 0.5) is 0 Å². The predicted molar refractivity (Wildman–Crippen MR) is 66.8 cm³/mol. The van der Waals surface area contributed by atoms with Crippen LogP contribution >= 0.6 is 0 Å². The standard InChI is InChI=1S/C14H19NO/c1-14(2,3)13-15-12(10-16-13)9-11-7-5-4-6-8-11/h4-8,12H,9-10H2,1-3H3/t12-/m0/s1. The molecule has 0 bridgehead atoms. The van der Waals surface area contributed by atoms with Gasteiger partial charge < -0.3 is 4.74 Å². The van der Waals surface area contributed by atoms with E-state index in [0.29, 0.717) is 0 Å². The monoisotopic (exact) mass is 217 g/mol. The highest BCUT2D eigenvalue weighted by Gasteiger charge is 2.28. The molecule has 0 aliphatic carbocycles. The van der Waals surface area contributed by atoms with Crippen molar-refractivity contribution in [3.8, 4) is 0 Å². The van der Waals surface area contributed by atoms with Gasteiger partial charge in [-0.1, -0.05) is 51.1 Å². The Labute approximate surface area is 97.4 Å². The molecule has 1 atom stereocenters. The molecule has 0 radical (unpaired) electrons. The number of hydrogen-bond acceptors (Lipinski definition) is 2. The lowest BCUT2D eigenvalue weighted by Crippen LogP contribution is -2.20. The van der Waals surface area contributed by atoms with E-state index >= 15 is 0 Å². The van der Waals surface area contributed by atoms with Gasteiger partial charge >= 0.3 is 0 Å². The molecule has 86 valence electrons. The summed E-state index contributed by atoms with van der Waals surface area (Å²) < 4.78 is 5.65. The average molecular weight is 217 g/mol. The van der Waals surface area contributed by atoms with Gasteiger partial charge in [0.25, 0.3) is 0 Å². The summed E-state index contributed by atoms with van der Waals surface area (Å²) in [7, 11) is 0. The van der Waals surface area contributed by atoms with Crippen LogP contribution in [0, 0.1) is 5.41 Å². The number of benzene rings is 1. The summed E-state index contributed by atoms with van der Waals surface area (Å²) in [6.07, 6.45) is 0.973. The first-order valence-corrected chi connectivity index (χ1v) is 5.81. The fourth-order valence-corrected chi connectivity index (χ4v) is 1.82. The third kappa shape index (κ3) is 2.63. The highest BCUT2D eigenvalue weighted by atomic mass is 16.5. The summed E-state index contributed by atoms with van der Waals surface area (Å²) >= 11 is 0. The zero-order chi connectivity index (χ0) is 11.6. The van der Waals surface area contributed by atoms with E-state index in [0.717, 1.165) is 18.9 Å². The Bertz CT molecular complexity index is 375. The Morgan fingerprint density at radius 2 is 1.94 bits per heavy atom. The third-order valence-electron chi connectivity index (χ3n) is 2.67. The van der Waals surface area contributed by atoms with Crippen molar-refractivity contribution in [1.82, 2.24) is 0 Å². The smallest absolute Gasteiger partial charge is 0.189 e. The fourth-order valence-electron chi connectivity index (χ4n) is 1.82. The Morgan fingerprint density at radius 1 is 1.25 bits per heavy atom. The van der Waals surface area contributed by atoms with E-state index in [1.165, 1.54) is 5.56 Å². The summed E-state index contributed by atoms with van der Waals surface area (Å²) in [4.78, 5) is 4.65. The molecular weight excluding hydrogens is 198 g/mol. The van der Waals surface area contributed by atoms with Crippen LogP contribution < -0.4 is 0 Å². The van der Waals surface area contributed by atoms with Crippen LogP contribution in [-0.4, -0.2) is 18.5 Å². The maximum Gasteiger partial charge on any atom is 0.189 e. The molecule has 1 aromatic rings. The second-order valence-corrected chi connectivity index (χ2v) is 5.34. The van der Waals surface area contributed by atoms with Crippen molar-refractivity contribution in [2.45, 2.75) is 33.2 Å². The normalized spacial score (nSPS) is 20.4. The third-order valence-corrected chi connectivity index (χ3v) is 2.67. The van der Waals surface area contributed by atoms with Gasteiger partial charge in [-0.2, -0.15) is 0 Å². The number of rotatable bonds is 2. The summed E-state index contributed by atoms with van der Waals surface area (Å²) in [5.74, 6) is 0.897. The molecule has 2 rings (SSSR count). The Kier molecular flexibility index (Phi) is 2.99. The van der Waals surface area contributed by atoms with E-state index in [2.05, 4.69) is 50.0 Å². The zero-order valence-corrected chi connectivity index (χ0v) is 10.2. The van der Waals surface area contributed by atoms with Crippen LogP contribution in [0.1, 0.15) is 26.3 Å². The van der Waals surface area contributed by atoms with Crippen LogP contribution in [-0.2, 0) is 11.2 Å². The lowest BCUT2D eigenvalue weighted by Gasteiger charge is -2.16. The minimum Gasteiger partial charge on any atom is -0.478 e. The minimum absolute atomic E-state index is 0.0332. The highest BCUT2D eigenvalue weighted by molar-refractivity contribution is 5.82. The molecule has 0 saturated heterocycles. The number of hydrogen-bond donors (Lipinski definition) is 0. The van der Waals surface area contributed by atoms with Crippen molar-refractivity contribution < 1.29 is 4.74 Å². The van der Waals surface area contributed by atoms with E-state index in [1.807, 2.05) is 6.07 Å². The van der Waals surface area contributed by atoms with Gasteiger partial charge in [0.05, 0.1) is 6.04 Å². The molecule has 0 amide bonds. The van der Waals surface area contributed by atoms with Crippen molar-refractivity contribution in [3.05, 3.63) is 35.9 Å². The van der Waals surface area contributed by atoms with E-state index in [1.54, 1.807) is 0 Å². The molecule has 0 saturated carbocycles. The summed E-state index contributed by atoms with van der Waals surface area (Å²) in [6, 6.07) is 10.8. The Balaban J connectivity index is 2.02. The Hall–Kier alpha value is -1.31. The van der Waals surface area contributed by atoms with Gasteiger partial charge in [-0.3, -0.25) is 0 Å². The number of nitrogens with zero attached hydrogens (tertiary/aromatic N) is 1. The van der Waals surface area contributed by atoms with E-state index in [-0.39, 0.29) is 11.5 Å². The van der Waals surface area contributed by atoms with Crippen LogP contribution in [0.15, 0.2) is 35.3 Å². The summed E-state index contributed by atoms with van der Waals surface area (Å²) in [5, 5.41) is 0. The van der Waals surface area contributed by atoms with Crippen LogP contribution in [0.25, 0.3) is 0 Å². The highest BCUT2D eigenvalue weighted by Crippen LogP contribution is 2.23. The lowest BCUT2D eigenvalue weighted by molar-refractivity contribution is 0.282. The maximum atomic E-state index is 5.65. The van der Waals surface area contributed by atoms with Crippen molar-refractivity contribution in [2.75, 3.05) is 6.61 Å². The first kappa shape index (κ1) is 11.2. The molecule has 1 aliphatic heterocycles. The fraction of sp³-hybridized carbons (Fsp3) is 0.500. The second-order valence-electron chi connectivity index (χ2n) is 5.34. The van der Waals surface area contributed by atoms with E-state index < -0.39 is 0 Å². The Morgan fingerprint density at radius 3 is 2.50 bits per heavy atom. The molecule has 0 fully saturated rings. The summed E-state index contributed by atoms with van der Waals surface area (Å²) in [6.45, 7) is 7.13. The van der Waals surface area contributed by atoms with E-state index in [4.69, 9.17) is 4.74 Å². The van der Waals surface area contributed by atoms with Gasteiger partial charge in [0.15, 0.2) is 5.90 Å². The van der Waals surface area contributed by atoms with E-state index in [9.17, 15) is 0 Å². The van der Waals surface area contributed by atoms with Crippen LogP contribution in [0.5, 0.6) is 0 Å². The lowest BCUT2D eigenvalue weighted by atomic mass is 9.97. The topological polar surface area (TPSA) is 21.6 Å². The molecule has 2 heteroatoms. The van der Waals surface area contributed by atoms with Crippen LogP contribution in [0.3, 0.4) is 0 Å². The van der Waals surface area contributed by atoms with Crippen molar-refractivity contribution >= 4 is 5.90 Å². The number of aliphatic imine (C=N–C) groups is 1. The second kappa shape index (κ2) is 4.28. The van der Waals surface area contributed by atoms with Gasteiger partial charge in [0.1, 0.15) is 6.61 Å². The maximum absolute atomic E-state index is 5.65. The molecular formula is C14H19NO. The van der Waals surface area contributed by atoms with Gasteiger partial charge in [-0.15, -0.1) is 0 Å². The molecule has 1 heterocycles. The minimum atomic E-state index is 0.0332.